The van der Waals surface area contributed by atoms with Crippen LogP contribution in [-0.4, -0.2) is 40.8 Å². The average Bonchev–Trinajstić information content (AvgIpc) is 3.35. The number of hydrogen-bond acceptors (Lipinski definition) is 5. The van der Waals surface area contributed by atoms with Gasteiger partial charge in [0.25, 0.3) is 17.8 Å². The number of anilines is 1. The number of oxazole rings is 1. The first-order valence-electron chi connectivity index (χ1n) is 8.80. The lowest BCUT2D eigenvalue weighted by molar-refractivity contribution is 0.0645. The molecule has 130 valence electrons. The molecule has 6 nitrogen and oxygen atoms in total. The second-order valence-electron chi connectivity index (χ2n) is 6.72. The molecule has 1 unspecified atom stereocenters. The summed E-state index contributed by atoms with van der Waals surface area (Å²) < 4.78 is 5.89. The first kappa shape index (κ1) is 15.1. The largest absolute Gasteiger partial charge is 0.423 e. The van der Waals surface area contributed by atoms with E-state index in [-0.39, 0.29) is 17.9 Å². The Bertz CT molecular complexity index is 958. The van der Waals surface area contributed by atoms with Crippen LogP contribution in [0.2, 0.25) is 0 Å². The van der Waals surface area contributed by atoms with Crippen molar-refractivity contribution < 1.29 is 14.0 Å². The van der Waals surface area contributed by atoms with E-state index in [1.165, 1.54) is 4.90 Å². The summed E-state index contributed by atoms with van der Waals surface area (Å²) in [6, 6.07) is 15.2. The van der Waals surface area contributed by atoms with Gasteiger partial charge in [0, 0.05) is 13.1 Å². The zero-order valence-electron chi connectivity index (χ0n) is 14.1. The Morgan fingerprint density at radius 3 is 2.42 bits per heavy atom. The second-order valence-corrected chi connectivity index (χ2v) is 6.72. The molecule has 0 spiro atoms. The van der Waals surface area contributed by atoms with Crippen molar-refractivity contribution >= 4 is 28.9 Å². The third-order valence-electron chi connectivity index (χ3n) is 5.18. The third-order valence-corrected chi connectivity index (χ3v) is 5.18. The summed E-state index contributed by atoms with van der Waals surface area (Å²) in [6.45, 7) is 1.16. The maximum atomic E-state index is 12.6. The smallest absolute Gasteiger partial charge is 0.298 e. The van der Waals surface area contributed by atoms with Crippen molar-refractivity contribution in [3.63, 3.8) is 0 Å². The number of aromatic nitrogens is 1. The summed E-state index contributed by atoms with van der Waals surface area (Å²) in [5.74, 6) is -0.426. The number of para-hydroxylation sites is 2. The minimum Gasteiger partial charge on any atom is -0.423 e. The van der Waals surface area contributed by atoms with Gasteiger partial charge in [-0.25, -0.2) is 0 Å². The van der Waals surface area contributed by atoms with Crippen LogP contribution >= 0.6 is 0 Å². The standard InChI is InChI=1S/C20H17N3O3/c24-18-14-7-1-2-8-15(14)19(25)23(18)12-13-6-5-11-22(13)20-21-16-9-3-4-10-17(16)26-20/h1-4,7-10,13H,5-6,11-12H2. The topological polar surface area (TPSA) is 66.7 Å². The Labute approximate surface area is 150 Å². The van der Waals surface area contributed by atoms with E-state index in [1.807, 2.05) is 24.3 Å². The second kappa shape index (κ2) is 5.69. The Morgan fingerprint density at radius 1 is 1.00 bits per heavy atom. The summed E-state index contributed by atoms with van der Waals surface area (Å²) in [6.07, 6.45) is 1.87. The molecule has 2 aromatic carbocycles. The van der Waals surface area contributed by atoms with E-state index in [4.69, 9.17) is 4.42 Å². The fourth-order valence-corrected chi connectivity index (χ4v) is 3.88. The number of rotatable bonds is 3. The van der Waals surface area contributed by atoms with Crippen LogP contribution in [0.25, 0.3) is 11.1 Å². The van der Waals surface area contributed by atoms with Crippen molar-refractivity contribution in [2.45, 2.75) is 18.9 Å². The number of carbonyl (C=O) groups excluding carboxylic acids is 2. The highest BCUT2D eigenvalue weighted by Crippen LogP contribution is 2.30. The molecule has 0 saturated carbocycles. The molecular formula is C20H17N3O3. The molecule has 3 aromatic rings. The highest BCUT2D eigenvalue weighted by molar-refractivity contribution is 6.21. The van der Waals surface area contributed by atoms with E-state index < -0.39 is 0 Å². The molecule has 0 radical (unpaired) electrons. The Morgan fingerprint density at radius 2 is 1.69 bits per heavy atom. The van der Waals surface area contributed by atoms with Gasteiger partial charge in [-0.05, 0) is 37.1 Å². The number of amides is 2. The highest BCUT2D eigenvalue weighted by Gasteiger charge is 2.39. The van der Waals surface area contributed by atoms with Gasteiger partial charge in [0.1, 0.15) is 5.52 Å². The van der Waals surface area contributed by atoms with Crippen molar-refractivity contribution in [3.05, 3.63) is 59.7 Å². The first-order valence-corrected chi connectivity index (χ1v) is 8.80. The lowest BCUT2D eigenvalue weighted by atomic mass is 10.1. The van der Waals surface area contributed by atoms with Crippen LogP contribution in [0.3, 0.4) is 0 Å². The maximum absolute atomic E-state index is 12.6. The summed E-state index contributed by atoms with van der Waals surface area (Å²) in [5.41, 5.74) is 2.54. The normalized spacial score (nSPS) is 19.6. The Kier molecular flexibility index (Phi) is 3.31. The van der Waals surface area contributed by atoms with Crippen molar-refractivity contribution in [1.29, 1.82) is 0 Å². The zero-order chi connectivity index (χ0) is 17.7. The number of carbonyl (C=O) groups is 2. The van der Waals surface area contributed by atoms with Gasteiger partial charge >= 0.3 is 0 Å². The van der Waals surface area contributed by atoms with Gasteiger partial charge in [-0.3, -0.25) is 14.5 Å². The number of hydrogen-bond donors (Lipinski definition) is 0. The zero-order valence-corrected chi connectivity index (χ0v) is 14.1. The van der Waals surface area contributed by atoms with Gasteiger partial charge in [-0.2, -0.15) is 4.98 Å². The van der Waals surface area contributed by atoms with Crippen LogP contribution in [0, 0.1) is 0 Å². The minimum absolute atomic E-state index is 0.0188. The highest BCUT2D eigenvalue weighted by atomic mass is 16.4. The van der Waals surface area contributed by atoms with E-state index >= 15 is 0 Å². The number of fused-ring (bicyclic) bond motifs is 2. The van der Waals surface area contributed by atoms with Gasteiger partial charge in [-0.15, -0.1) is 0 Å². The average molecular weight is 347 g/mol. The number of benzene rings is 2. The molecule has 2 aliphatic rings. The quantitative estimate of drug-likeness (QED) is 0.681. The Hall–Kier alpha value is -3.15. The molecule has 3 heterocycles. The molecule has 26 heavy (non-hydrogen) atoms. The molecule has 1 saturated heterocycles. The van der Waals surface area contributed by atoms with Crippen LogP contribution in [0.1, 0.15) is 33.6 Å². The molecule has 1 aromatic heterocycles. The number of nitrogens with zero attached hydrogens (tertiary/aromatic N) is 3. The fourth-order valence-electron chi connectivity index (χ4n) is 3.88. The molecule has 1 atom stereocenters. The van der Waals surface area contributed by atoms with E-state index in [1.54, 1.807) is 24.3 Å². The van der Waals surface area contributed by atoms with E-state index in [0.717, 1.165) is 30.5 Å². The molecule has 0 aliphatic carbocycles. The van der Waals surface area contributed by atoms with Crippen molar-refractivity contribution in [2.75, 3.05) is 18.0 Å². The van der Waals surface area contributed by atoms with Crippen LogP contribution in [0.5, 0.6) is 0 Å². The molecule has 2 aliphatic heterocycles. The van der Waals surface area contributed by atoms with E-state index in [0.29, 0.717) is 23.7 Å². The molecule has 0 bridgehead atoms. The van der Waals surface area contributed by atoms with Crippen LogP contribution in [-0.2, 0) is 0 Å². The van der Waals surface area contributed by atoms with Crippen LogP contribution in [0.4, 0.5) is 6.01 Å². The molecule has 2 amide bonds. The lowest BCUT2D eigenvalue weighted by Gasteiger charge is -2.26. The van der Waals surface area contributed by atoms with Gasteiger partial charge in [0.15, 0.2) is 5.58 Å². The fraction of sp³-hybridized carbons (Fsp3) is 0.250. The monoisotopic (exact) mass is 347 g/mol. The van der Waals surface area contributed by atoms with Crippen LogP contribution < -0.4 is 4.90 Å². The molecule has 0 N–H and O–H groups in total. The Balaban J connectivity index is 1.42. The predicted molar refractivity (Wildman–Crippen MR) is 96.2 cm³/mol. The van der Waals surface area contributed by atoms with Crippen molar-refractivity contribution in [2.24, 2.45) is 0 Å². The van der Waals surface area contributed by atoms with E-state index in [9.17, 15) is 9.59 Å². The molecule has 1 fully saturated rings. The number of imide groups is 1. The van der Waals surface area contributed by atoms with Crippen LogP contribution in [0.15, 0.2) is 52.9 Å². The molecule has 6 heteroatoms. The molecular weight excluding hydrogens is 330 g/mol. The summed E-state index contributed by atoms with van der Waals surface area (Å²) in [7, 11) is 0. The summed E-state index contributed by atoms with van der Waals surface area (Å²) in [5, 5.41) is 0. The summed E-state index contributed by atoms with van der Waals surface area (Å²) >= 11 is 0. The SMILES string of the molecule is O=C1c2ccccc2C(=O)N1CC1CCCN1c1nc2ccccc2o1. The summed E-state index contributed by atoms with van der Waals surface area (Å²) in [4.78, 5) is 33.3. The van der Waals surface area contributed by atoms with Gasteiger partial charge in [0.2, 0.25) is 0 Å². The van der Waals surface area contributed by atoms with Gasteiger partial charge in [-0.1, -0.05) is 24.3 Å². The van der Waals surface area contributed by atoms with Crippen molar-refractivity contribution in [3.8, 4) is 0 Å². The van der Waals surface area contributed by atoms with E-state index in [2.05, 4.69) is 9.88 Å². The van der Waals surface area contributed by atoms with Crippen molar-refractivity contribution in [1.82, 2.24) is 9.88 Å². The third kappa shape index (κ3) is 2.22. The maximum Gasteiger partial charge on any atom is 0.298 e. The molecule has 5 rings (SSSR count). The lowest BCUT2D eigenvalue weighted by Crippen LogP contribution is -2.43. The van der Waals surface area contributed by atoms with Gasteiger partial charge in [0.05, 0.1) is 17.2 Å². The predicted octanol–water partition coefficient (Wildman–Crippen LogP) is 3.09. The minimum atomic E-state index is -0.213. The first-order chi connectivity index (χ1) is 12.7. The van der Waals surface area contributed by atoms with Gasteiger partial charge < -0.3 is 9.32 Å².